The van der Waals surface area contributed by atoms with Crippen molar-refractivity contribution in [3.63, 3.8) is 0 Å². The van der Waals surface area contributed by atoms with Gasteiger partial charge in [-0.2, -0.15) is 13.2 Å². The van der Waals surface area contributed by atoms with Gasteiger partial charge in [0, 0.05) is 45.0 Å². The van der Waals surface area contributed by atoms with Crippen LogP contribution < -0.4 is 10.4 Å². The number of aliphatic imine (C=N–C) groups is 1. The lowest BCUT2D eigenvalue weighted by atomic mass is 10.1. The van der Waals surface area contributed by atoms with E-state index in [9.17, 15) is 13.2 Å². The first-order chi connectivity index (χ1) is 11.8. The molecule has 1 aromatic rings. The zero-order valence-electron chi connectivity index (χ0n) is 14.4. The molecule has 2 rings (SSSR count). The number of hydrogen-bond donors (Lipinski definition) is 2. The summed E-state index contributed by atoms with van der Waals surface area (Å²) in [6.07, 6.45) is -3.53. The van der Waals surface area contributed by atoms with E-state index in [0.717, 1.165) is 38.6 Å². The van der Waals surface area contributed by atoms with Gasteiger partial charge < -0.3 is 9.80 Å². The van der Waals surface area contributed by atoms with Crippen LogP contribution in [0.25, 0.3) is 0 Å². The lowest BCUT2D eigenvalue weighted by molar-refractivity contribution is -0.137. The molecular weight excluding hydrogens is 335 g/mol. The highest BCUT2D eigenvalue weighted by Gasteiger charge is 2.35. The Labute approximate surface area is 145 Å². The molecular formula is C16H24F3N5O. The summed E-state index contributed by atoms with van der Waals surface area (Å²) in [6, 6.07) is 3.96. The van der Waals surface area contributed by atoms with E-state index in [-0.39, 0.29) is 11.4 Å². The van der Waals surface area contributed by atoms with Crippen molar-refractivity contribution in [2.24, 2.45) is 4.99 Å². The van der Waals surface area contributed by atoms with E-state index in [1.165, 1.54) is 12.1 Å². The molecule has 0 aliphatic carbocycles. The highest BCUT2D eigenvalue weighted by molar-refractivity contribution is 5.65. The molecule has 0 radical (unpaired) electrons. The predicted octanol–water partition coefficient (Wildman–Crippen LogP) is 2.03. The molecule has 6 nitrogen and oxygen atoms in total. The van der Waals surface area contributed by atoms with E-state index in [4.69, 9.17) is 5.21 Å². The second kappa shape index (κ2) is 8.50. The zero-order valence-corrected chi connectivity index (χ0v) is 14.4. The van der Waals surface area contributed by atoms with Gasteiger partial charge in [-0.05, 0) is 32.3 Å². The number of benzene rings is 1. The molecule has 0 unspecified atom stereocenters. The van der Waals surface area contributed by atoms with Gasteiger partial charge in [-0.1, -0.05) is 0 Å². The lowest BCUT2D eigenvalue weighted by Gasteiger charge is -2.37. The second-order valence-electron chi connectivity index (χ2n) is 6.22. The maximum absolute atomic E-state index is 13.4. The number of likely N-dealkylation sites (N-methyl/N-ethyl adjacent to an activating group) is 1. The van der Waals surface area contributed by atoms with Gasteiger partial charge in [0.15, 0.2) is 0 Å². The van der Waals surface area contributed by atoms with E-state index in [0.29, 0.717) is 13.1 Å². The van der Waals surface area contributed by atoms with Crippen molar-refractivity contribution >= 4 is 17.7 Å². The number of alkyl halides is 3. The Morgan fingerprint density at radius 3 is 2.48 bits per heavy atom. The van der Waals surface area contributed by atoms with Crippen LogP contribution in [-0.2, 0) is 6.18 Å². The molecule has 2 N–H and O–H groups in total. The van der Waals surface area contributed by atoms with Gasteiger partial charge in [0.05, 0.1) is 11.3 Å². The minimum atomic E-state index is -4.46. The minimum absolute atomic E-state index is 0.127. The van der Waals surface area contributed by atoms with E-state index in [2.05, 4.69) is 14.8 Å². The van der Waals surface area contributed by atoms with Crippen molar-refractivity contribution < 1.29 is 18.4 Å². The summed E-state index contributed by atoms with van der Waals surface area (Å²) in [5.41, 5.74) is 1.28. The molecule has 1 aliphatic rings. The molecule has 1 saturated heterocycles. The van der Waals surface area contributed by atoms with Crippen molar-refractivity contribution in [3.8, 4) is 0 Å². The molecule has 1 fully saturated rings. The summed E-state index contributed by atoms with van der Waals surface area (Å²) < 4.78 is 40.3. The minimum Gasteiger partial charge on any atom is -0.368 e. The molecule has 9 heteroatoms. The summed E-state index contributed by atoms with van der Waals surface area (Å²) in [5.74, 6) is 0. The van der Waals surface area contributed by atoms with Crippen LogP contribution in [0.5, 0.6) is 0 Å². The van der Waals surface area contributed by atoms with Gasteiger partial charge >= 0.3 is 6.18 Å². The topological polar surface area (TPSA) is 54.3 Å². The number of nitrogens with one attached hydrogen (secondary N) is 1. The van der Waals surface area contributed by atoms with Gasteiger partial charge in [-0.15, -0.1) is 0 Å². The van der Waals surface area contributed by atoms with Gasteiger partial charge in [-0.25, -0.2) is 4.99 Å². The van der Waals surface area contributed by atoms with Crippen molar-refractivity contribution in [1.29, 1.82) is 0 Å². The molecule has 0 spiro atoms. The van der Waals surface area contributed by atoms with E-state index in [1.54, 1.807) is 10.4 Å². The Bertz CT molecular complexity index is 584. The fraction of sp³-hybridized carbons (Fsp3) is 0.562. The maximum atomic E-state index is 13.4. The van der Waals surface area contributed by atoms with Gasteiger partial charge in [0.1, 0.15) is 6.34 Å². The summed E-state index contributed by atoms with van der Waals surface area (Å²) in [5, 5.41) is 8.48. The Hall–Kier alpha value is -1.84. The Kier molecular flexibility index (Phi) is 6.63. The molecule has 25 heavy (non-hydrogen) atoms. The van der Waals surface area contributed by atoms with Crippen LogP contribution in [0, 0.1) is 0 Å². The lowest BCUT2D eigenvalue weighted by Crippen LogP contribution is -2.48. The van der Waals surface area contributed by atoms with Crippen LogP contribution in [-0.4, -0.2) is 74.7 Å². The molecule has 0 atom stereocenters. The van der Waals surface area contributed by atoms with Gasteiger partial charge in [0.25, 0.3) is 0 Å². The van der Waals surface area contributed by atoms with Crippen molar-refractivity contribution in [2.45, 2.75) is 6.18 Å². The van der Waals surface area contributed by atoms with Crippen molar-refractivity contribution in [3.05, 3.63) is 23.8 Å². The third-order valence-electron chi connectivity index (χ3n) is 4.13. The fourth-order valence-electron chi connectivity index (χ4n) is 2.76. The number of rotatable bonds is 6. The smallest absolute Gasteiger partial charge is 0.368 e. The molecule has 0 aromatic heterocycles. The normalized spacial score (nSPS) is 16.8. The molecule has 0 saturated carbocycles. The Balaban J connectivity index is 2.12. The first kappa shape index (κ1) is 19.5. The molecule has 0 bridgehead atoms. The first-order valence-electron chi connectivity index (χ1n) is 8.06. The third kappa shape index (κ3) is 5.58. The Morgan fingerprint density at radius 1 is 1.24 bits per heavy atom. The highest BCUT2D eigenvalue weighted by Crippen LogP contribution is 2.39. The third-order valence-corrected chi connectivity index (χ3v) is 4.13. The number of piperazine rings is 1. The fourth-order valence-corrected chi connectivity index (χ4v) is 2.76. The Morgan fingerprint density at radius 2 is 1.92 bits per heavy atom. The van der Waals surface area contributed by atoms with Crippen molar-refractivity contribution in [1.82, 2.24) is 15.3 Å². The highest BCUT2D eigenvalue weighted by atomic mass is 19.4. The zero-order chi connectivity index (χ0) is 18.4. The van der Waals surface area contributed by atoms with E-state index >= 15 is 0 Å². The molecule has 140 valence electrons. The predicted molar refractivity (Wildman–Crippen MR) is 91.7 cm³/mol. The van der Waals surface area contributed by atoms with Gasteiger partial charge in [0.2, 0.25) is 0 Å². The SMILES string of the molecule is CN(C)CCN1CCN(c2ccc(N=CNO)cc2C(F)(F)F)CC1. The van der Waals surface area contributed by atoms with Crippen LogP contribution in [0.2, 0.25) is 0 Å². The summed E-state index contributed by atoms with van der Waals surface area (Å²) in [7, 11) is 4.00. The summed E-state index contributed by atoms with van der Waals surface area (Å²) in [6.45, 7) is 4.42. The van der Waals surface area contributed by atoms with Crippen LogP contribution in [0.15, 0.2) is 23.2 Å². The first-order valence-corrected chi connectivity index (χ1v) is 8.06. The van der Waals surface area contributed by atoms with Gasteiger partial charge in [-0.3, -0.25) is 15.6 Å². The number of hydrogen-bond acceptors (Lipinski definition) is 5. The summed E-state index contributed by atoms with van der Waals surface area (Å²) >= 11 is 0. The van der Waals surface area contributed by atoms with E-state index < -0.39 is 11.7 Å². The number of halogens is 3. The average molecular weight is 359 g/mol. The standard InChI is InChI=1S/C16H24F3N5O/c1-22(2)5-6-23-7-9-24(10-8-23)15-4-3-13(20-12-21-25)11-14(15)16(17,18)19/h3-4,11-12,25H,5-10H2,1-2H3,(H,20,21). The monoisotopic (exact) mass is 359 g/mol. The van der Waals surface area contributed by atoms with E-state index in [1.807, 2.05) is 14.1 Å². The second-order valence-corrected chi connectivity index (χ2v) is 6.22. The number of hydroxylamine groups is 1. The number of nitrogens with zero attached hydrogens (tertiary/aromatic N) is 4. The van der Waals surface area contributed by atoms with Crippen LogP contribution in [0.4, 0.5) is 24.5 Å². The quantitative estimate of drug-likeness (QED) is 0.462. The van der Waals surface area contributed by atoms with Crippen LogP contribution >= 0.6 is 0 Å². The number of anilines is 1. The van der Waals surface area contributed by atoms with Crippen LogP contribution in [0.1, 0.15) is 5.56 Å². The maximum Gasteiger partial charge on any atom is 0.418 e. The molecule has 1 aromatic carbocycles. The average Bonchev–Trinajstić information content (AvgIpc) is 2.57. The largest absolute Gasteiger partial charge is 0.418 e. The molecule has 1 heterocycles. The van der Waals surface area contributed by atoms with Crippen LogP contribution in [0.3, 0.4) is 0 Å². The van der Waals surface area contributed by atoms with Crippen molar-refractivity contribution in [2.75, 3.05) is 58.3 Å². The molecule has 0 amide bonds. The summed E-state index contributed by atoms with van der Waals surface area (Å²) in [4.78, 5) is 9.84. The molecule has 1 aliphatic heterocycles.